The van der Waals surface area contributed by atoms with Gasteiger partial charge in [-0.1, -0.05) is 48.5 Å². The van der Waals surface area contributed by atoms with Gasteiger partial charge in [-0.05, 0) is 46.7 Å². The Kier molecular flexibility index (Phi) is 9.11. The van der Waals surface area contributed by atoms with Crippen LogP contribution in [-0.2, 0) is 25.5 Å². The van der Waals surface area contributed by atoms with Gasteiger partial charge in [0.2, 0.25) is 11.8 Å². The van der Waals surface area contributed by atoms with E-state index in [9.17, 15) is 14.4 Å². The third-order valence-electron chi connectivity index (χ3n) is 4.46. The average molecular weight is 508 g/mol. The van der Waals surface area contributed by atoms with Crippen LogP contribution in [0, 0.1) is 3.57 Å². The van der Waals surface area contributed by atoms with Crippen molar-refractivity contribution >= 4 is 40.4 Å². The first-order chi connectivity index (χ1) is 13.9. The maximum Gasteiger partial charge on any atom is 0.328 e. The Morgan fingerprint density at radius 2 is 1.52 bits per heavy atom. The standard InChI is InChI=1S/C22H25IN2O4/c1-15(16-8-4-3-5-9-16)24-20(26)12-13-21(27)25-19(22(28)29-2)14-17-10-6-7-11-18(17)23/h3-11,15,19H,12-14H2,1-2H3,(H,24,26)(H,25,27)/t15-,19+/m1/s1. The molecule has 0 fully saturated rings. The molecule has 0 spiro atoms. The molecule has 0 aromatic heterocycles. The van der Waals surface area contributed by atoms with Gasteiger partial charge in [-0.3, -0.25) is 9.59 Å². The van der Waals surface area contributed by atoms with Crippen LogP contribution in [0.2, 0.25) is 0 Å². The highest BCUT2D eigenvalue weighted by Gasteiger charge is 2.23. The second-order valence-corrected chi connectivity index (χ2v) is 7.80. The molecule has 0 bridgehead atoms. The lowest BCUT2D eigenvalue weighted by molar-refractivity contribution is -0.145. The van der Waals surface area contributed by atoms with Crippen LogP contribution in [-0.4, -0.2) is 30.9 Å². The topological polar surface area (TPSA) is 84.5 Å². The lowest BCUT2D eigenvalue weighted by atomic mass is 10.1. The SMILES string of the molecule is COC(=O)[C@H](Cc1ccccc1I)NC(=O)CCC(=O)N[C@H](C)c1ccccc1. The van der Waals surface area contributed by atoms with Gasteiger partial charge < -0.3 is 15.4 Å². The maximum absolute atomic E-state index is 12.3. The molecule has 0 aliphatic heterocycles. The third kappa shape index (κ3) is 7.49. The van der Waals surface area contributed by atoms with Crippen LogP contribution in [0.3, 0.4) is 0 Å². The van der Waals surface area contributed by atoms with Crippen molar-refractivity contribution in [2.24, 2.45) is 0 Å². The molecular formula is C22H25IN2O4. The zero-order valence-electron chi connectivity index (χ0n) is 16.5. The summed E-state index contributed by atoms with van der Waals surface area (Å²) in [5.74, 6) is -1.10. The van der Waals surface area contributed by atoms with Crippen LogP contribution in [0.1, 0.15) is 36.9 Å². The maximum atomic E-state index is 12.3. The molecule has 0 saturated heterocycles. The normalized spacial score (nSPS) is 12.5. The van der Waals surface area contributed by atoms with E-state index >= 15 is 0 Å². The molecule has 2 N–H and O–H groups in total. The van der Waals surface area contributed by atoms with E-state index in [2.05, 4.69) is 33.2 Å². The Morgan fingerprint density at radius 3 is 2.14 bits per heavy atom. The number of methoxy groups -OCH3 is 1. The Labute approximate surface area is 184 Å². The number of carbonyl (C=O) groups is 3. The quantitative estimate of drug-likeness (QED) is 0.403. The van der Waals surface area contributed by atoms with Crippen LogP contribution >= 0.6 is 22.6 Å². The van der Waals surface area contributed by atoms with Gasteiger partial charge in [0.15, 0.2) is 0 Å². The zero-order valence-corrected chi connectivity index (χ0v) is 18.6. The number of ether oxygens (including phenoxy) is 1. The summed E-state index contributed by atoms with van der Waals surface area (Å²) in [4.78, 5) is 36.6. The molecule has 2 rings (SSSR count). The van der Waals surface area contributed by atoms with E-state index < -0.39 is 12.0 Å². The number of halogens is 1. The van der Waals surface area contributed by atoms with Crippen LogP contribution in [0.5, 0.6) is 0 Å². The van der Waals surface area contributed by atoms with Gasteiger partial charge in [-0.25, -0.2) is 4.79 Å². The highest BCUT2D eigenvalue weighted by atomic mass is 127. The first kappa shape index (κ1) is 22.9. The Hall–Kier alpha value is -2.42. The monoisotopic (exact) mass is 508 g/mol. The molecule has 6 nitrogen and oxygen atoms in total. The Bertz CT molecular complexity index is 842. The van der Waals surface area contributed by atoms with Crippen molar-refractivity contribution < 1.29 is 19.1 Å². The van der Waals surface area contributed by atoms with Crippen molar-refractivity contribution in [2.45, 2.75) is 38.3 Å². The summed E-state index contributed by atoms with van der Waals surface area (Å²) in [6.45, 7) is 1.89. The van der Waals surface area contributed by atoms with Crippen molar-refractivity contribution in [1.29, 1.82) is 0 Å². The molecule has 0 aliphatic carbocycles. The van der Waals surface area contributed by atoms with E-state index in [4.69, 9.17) is 4.74 Å². The second kappa shape index (κ2) is 11.5. The van der Waals surface area contributed by atoms with E-state index in [0.29, 0.717) is 6.42 Å². The summed E-state index contributed by atoms with van der Waals surface area (Å²) < 4.78 is 5.82. The minimum Gasteiger partial charge on any atom is -0.467 e. The fourth-order valence-electron chi connectivity index (χ4n) is 2.85. The van der Waals surface area contributed by atoms with E-state index in [-0.39, 0.29) is 30.7 Å². The number of nitrogens with one attached hydrogen (secondary N) is 2. The molecule has 0 saturated carbocycles. The van der Waals surface area contributed by atoms with Crippen molar-refractivity contribution in [2.75, 3.05) is 7.11 Å². The highest BCUT2D eigenvalue weighted by molar-refractivity contribution is 14.1. The number of rotatable bonds is 9. The number of amides is 2. The lowest BCUT2D eigenvalue weighted by Crippen LogP contribution is -2.43. The summed E-state index contributed by atoms with van der Waals surface area (Å²) in [6.07, 6.45) is 0.362. The van der Waals surface area contributed by atoms with Crippen LogP contribution in [0.25, 0.3) is 0 Å². The van der Waals surface area contributed by atoms with Crippen LogP contribution < -0.4 is 10.6 Å². The highest BCUT2D eigenvalue weighted by Crippen LogP contribution is 2.14. The first-order valence-electron chi connectivity index (χ1n) is 9.35. The molecule has 0 unspecified atom stereocenters. The fraction of sp³-hybridized carbons (Fsp3) is 0.318. The minimum atomic E-state index is -0.797. The van der Waals surface area contributed by atoms with Crippen molar-refractivity contribution in [3.05, 3.63) is 69.3 Å². The molecule has 0 heterocycles. The van der Waals surface area contributed by atoms with Gasteiger partial charge in [0.1, 0.15) is 6.04 Å². The summed E-state index contributed by atoms with van der Waals surface area (Å²) in [5.41, 5.74) is 1.94. The van der Waals surface area contributed by atoms with Gasteiger partial charge in [0, 0.05) is 22.8 Å². The molecule has 0 radical (unpaired) electrons. The smallest absolute Gasteiger partial charge is 0.328 e. The summed E-state index contributed by atoms with van der Waals surface area (Å²) in [5, 5.41) is 5.56. The molecule has 154 valence electrons. The van der Waals surface area contributed by atoms with Crippen molar-refractivity contribution in [1.82, 2.24) is 10.6 Å². The van der Waals surface area contributed by atoms with E-state index in [1.54, 1.807) is 0 Å². The molecule has 29 heavy (non-hydrogen) atoms. The summed E-state index contributed by atoms with van der Waals surface area (Å²) >= 11 is 2.19. The van der Waals surface area contributed by atoms with Gasteiger partial charge in [0.05, 0.1) is 13.2 Å². The molecular weight excluding hydrogens is 483 g/mol. The molecule has 7 heteroatoms. The van der Waals surface area contributed by atoms with Gasteiger partial charge in [-0.2, -0.15) is 0 Å². The number of hydrogen-bond acceptors (Lipinski definition) is 4. The van der Waals surface area contributed by atoms with Gasteiger partial charge in [0.25, 0.3) is 0 Å². The Balaban J connectivity index is 1.87. The molecule has 2 aromatic carbocycles. The molecule has 0 aliphatic rings. The van der Waals surface area contributed by atoms with Gasteiger partial charge in [-0.15, -0.1) is 0 Å². The summed E-state index contributed by atoms with van der Waals surface area (Å²) in [7, 11) is 1.29. The van der Waals surface area contributed by atoms with Crippen molar-refractivity contribution in [3.8, 4) is 0 Å². The fourth-order valence-corrected chi connectivity index (χ4v) is 3.46. The zero-order chi connectivity index (χ0) is 21.2. The van der Waals surface area contributed by atoms with Crippen LogP contribution in [0.4, 0.5) is 0 Å². The van der Waals surface area contributed by atoms with E-state index in [1.807, 2.05) is 61.5 Å². The summed E-state index contributed by atoms with van der Waals surface area (Å²) in [6, 6.07) is 16.3. The average Bonchev–Trinajstić information content (AvgIpc) is 2.73. The molecule has 2 amide bonds. The number of carbonyl (C=O) groups excluding carboxylic acids is 3. The Morgan fingerprint density at radius 1 is 0.931 bits per heavy atom. The van der Waals surface area contributed by atoms with Gasteiger partial charge >= 0.3 is 5.97 Å². The number of benzene rings is 2. The van der Waals surface area contributed by atoms with Crippen molar-refractivity contribution in [3.63, 3.8) is 0 Å². The third-order valence-corrected chi connectivity index (χ3v) is 5.51. The number of hydrogen-bond donors (Lipinski definition) is 2. The molecule has 2 aromatic rings. The van der Waals surface area contributed by atoms with E-state index in [1.165, 1.54) is 7.11 Å². The van der Waals surface area contributed by atoms with E-state index in [0.717, 1.165) is 14.7 Å². The first-order valence-corrected chi connectivity index (χ1v) is 10.4. The lowest BCUT2D eigenvalue weighted by Gasteiger charge is -2.18. The number of esters is 1. The minimum absolute atomic E-state index is 0.00722. The second-order valence-electron chi connectivity index (χ2n) is 6.64. The predicted octanol–water partition coefficient (Wildman–Crippen LogP) is 3.15. The molecule has 2 atom stereocenters. The van der Waals surface area contributed by atoms with Crippen LogP contribution in [0.15, 0.2) is 54.6 Å². The predicted molar refractivity (Wildman–Crippen MR) is 119 cm³/mol. The largest absolute Gasteiger partial charge is 0.467 e.